The molecule has 0 saturated heterocycles. The van der Waals surface area contributed by atoms with Crippen molar-refractivity contribution in [1.82, 2.24) is 15.3 Å². The Kier molecular flexibility index (Phi) is 8.93. The van der Waals surface area contributed by atoms with Crippen LogP contribution in [-0.2, 0) is 16.0 Å². The third kappa shape index (κ3) is 6.90. The van der Waals surface area contributed by atoms with Gasteiger partial charge in [0.05, 0.1) is 15.8 Å². The quantitative estimate of drug-likeness (QED) is 0.153. The van der Waals surface area contributed by atoms with E-state index in [4.69, 9.17) is 5.73 Å². The van der Waals surface area contributed by atoms with Crippen LogP contribution in [0.5, 0.6) is 0 Å². The highest BCUT2D eigenvalue weighted by atomic mass is 32.1. The number of rotatable bonds is 6. The molecule has 8 saturated carbocycles. The second-order valence-electron chi connectivity index (χ2n) is 16.4. The average molecular weight is 727 g/mol. The van der Waals surface area contributed by atoms with Gasteiger partial charge < -0.3 is 11.1 Å². The molecule has 0 unspecified atom stereocenters. The first kappa shape index (κ1) is 34.0. The fourth-order valence-electron chi connectivity index (χ4n) is 11.6. The Bertz CT molecular complexity index is 1870. The molecule has 8 fully saturated rings. The minimum Gasteiger partial charge on any atom is -0.375 e. The standard InChI is InChI=1S/C20H21F2NOS.C11H17NO.C7H4F2N2S/c21-14-4-16(22)19-17(5-14)25-18(23-19)6-15(24)10-20-7-11-1-12(8-20)3-13(2-11)9-20;13-7-12-11-4-8-1-9(5-11)3-10(2-8)6-11;8-3-1-4(9)6-5(2-3)12-7(10)11-6/h4-5,11-13H,1-3,6-10H2;7-10H,1-6H2,(H,12,13);1-2H,(H2,10,11). The van der Waals surface area contributed by atoms with Crippen molar-refractivity contribution in [3.8, 4) is 0 Å². The number of nitrogen functional groups attached to an aromatic ring is 1. The van der Waals surface area contributed by atoms with Gasteiger partial charge in [0.15, 0.2) is 16.8 Å². The molecule has 6 nitrogen and oxygen atoms in total. The minimum absolute atomic E-state index is 0.138. The van der Waals surface area contributed by atoms with Crippen molar-refractivity contribution in [1.29, 1.82) is 0 Å². The van der Waals surface area contributed by atoms with Crippen LogP contribution in [0.4, 0.5) is 22.7 Å². The van der Waals surface area contributed by atoms with Gasteiger partial charge in [-0.1, -0.05) is 11.3 Å². The summed E-state index contributed by atoms with van der Waals surface area (Å²) < 4.78 is 53.6. The maximum Gasteiger partial charge on any atom is 0.207 e. The molecule has 8 aliphatic carbocycles. The number of Topliss-reactive ketones (excluding diaryl/α,β-unsaturated/α-hetero) is 1. The van der Waals surface area contributed by atoms with Gasteiger partial charge in [0.25, 0.3) is 0 Å². The van der Waals surface area contributed by atoms with Crippen molar-refractivity contribution in [2.45, 2.75) is 95.4 Å². The molecule has 8 aliphatic rings. The van der Waals surface area contributed by atoms with Gasteiger partial charge in [0, 0.05) is 24.1 Å². The second-order valence-corrected chi connectivity index (χ2v) is 18.6. The third-order valence-corrected chi connectivity index (χ3v) is 14.2. The summed E-state index contributed by atoms with van der Waals surface area (Å²) in [6.07, 6.45) is 17.7. The normalized spacial score (nSPS) is 32.8. The zero-order valence-electron chi connectivity index (χ0n) is 27.9. The van der Waals surface area contributed by atoms with Gasteiger partial charge in [-0.3, -0.25) is 9.59 Å². The molecule has 8 bridgehead atoms. The lowest BCUT2D eigenvalue weighted by Gasteiger charge is -2.56. The molecule has 0 radical (unpaired) electrons. The lowest BCUT2D eigenvalue weighted by Crippen LogP contribution is -2.57. The first-order valence-corrected chi connectivity index (χ1v) is 19.6. The molecule has 1 amide bonds. The zero-order valence-corrected chi connectivity index (χ0v) is 29.5. The first-order chi connectivity index (χ1) is 23.9. The molecule has 2 aromatic heterocycles. The number of hydrogen-bond donors (Lipinski definition) is 2. The molecule has 3 N–H and O–H groups in total. The summed E-state index contributed by atoms with van der Waals surface area (Å²) in [6.45, 7) is 0. The van der Waals surface area contributed by atoms with Crippen LogP contribution < -0.4 is 11.1 Å². The molecule has 12 rings (SSSR count). The zero-order chi connectivity index (χ0) is 34.8. The first-order valence-electron chi connectivity index (χ1n) is 17.9. The predicted molar refractivity (Wildman–Crippen MR) is 188 cm³/mol. The van der Waals surface area contributed by atoms with Gasteiger partial charge in [-0.15, -0.1) is 11.3 Å². The lowest BCUT2D eigenvalue weighted by atomic mass is 9.48. The molecule has 2 heterocycles. The third-order valence-electron chi connectivity index (χ3n) is 12.4. The summed E-state index contributed by atoms with van der Waals surface area (Å²) >= 11 is 2.30. The summed E-state index contributed by atoms with van der Waals surface area (Å²) in [5.41, 5.74) is 6.10. The van der Waals surface area contributed by atoms with E-state index in [2.05, 4.69) is 15.3 Å². The van der Waals surface area contributed by atoms with Crippen LogP contribution in [0, 0.1) is 64.2 Å². The number of ketones is 1. The van der Waals surface area contributed by atoms with E-state index < -0.39 is 23.3 Å². The molecule has 0 aliphatic heterocycles. The van der Waals surface area contributed by atoms with Crippen LogP contribution in [0.15, 0.2) is 24.3 Å². The number of benzene rings is 2. The largest absolute Gasteiger partial charge is 0.375 e. The Morgan fingerprint density at radius 3 is 1.70 bits per heavy atom. The summed E-state index contributed by atoms with van der Waals surface area (Å²) in [5.74, 6) is 2.97. The van der Waals surface area contributed by atoms with E-state index in [1.807, 2.05) is 0 Å². The molecule has 0 atom stereocenters. The minimum atomic E-state index is -0.669. The van der Waals surface area contributed by atoms with Crippen LogP contribution in [0.1, 0.15) is 88.5 Å². The molecule has 0 spiro atoms. The predicted octanol–water partition coefficient (Wildman–Crippen LogP) is 9.15. The SMILES string of the molecule is Nc1nc2c(F)cc(F)cc2s1.O=C(Cc1nc2c(F)cc(F)cc2s1)CC12CC3CC(CC(C3)C1)C2.O=CNC12CC3CC(CC(C3)C1)C2. The number of nitrogens with one attached hydrogen (secondary N) is 1. The lowest BCUT2D eigenvalue weighted by molar-refractivity contribution is -0.126. The fourth-order valence-corrected chi connectivity index (χ4v) is 13.4. The Hall–Kier alpha value is -3.12. The van der Waals surface area contributed by atoms with E-state index in [0.29, 0.717) is 20.8 Å². The molecule has 4 aromatic rings. The highest BCUT2D eigenvalue weighted by Gasteiger charge is 2.52. The summed E-state index contributed by atoms with van der Waals surface area (Å²) in [5, 5.41) is 3.96. The molecule has 266 valence electrons. The number of halogens is 4. The van der Waals surface area contributed by atoms with Gasteiger partial charge in [0.1, 0.15) is 33.5 Å². The molecule has 2 aromatic carbocycles. The van der Waals surface area contributed by atoms with Gasteiger partial charge >= 0.3 is 0 Å². The number of anilines is 1. The number of hydrogen-bond acceptors (Lipinski definition) is 7. The topological polar surface area (TPSA) is 98.0 Å². The Morgan fingerprint density at radius 1 is 0.740 bits per heavy atom. The molecular formula is C38H42F4N4O2S2. The summed E-state index contributed by atoms with van der Waals surface area (Å²) in [6, 6.07) is 4.15. The molecule has 50 heavy (non-hydrogen) atoms. The van der Waals surface area contributed by atoms with Crippen LogP contribution in [0.3, 0.4) is 0 Å². The van der Waals surface area contributed by atoms with Crippen molar-refractivity contribution < 1.29 is 27.2 Å². The number of nitrogens with two attached hydrogens (primary N) is 1. The van der Waals surface area contributed by atoms with Crippen molar-refractivity contribution >= 4 is 60.4 Å². The van der Waals surface area contributed by atoms with E-state index >= 15 is 0 Å². The van der Waals surface area contributed by atoms with Crippen molar-refractivity contribution in [2.75, 3.05) is 5.73 Å². The van der Waals surface area contributed by atoms with Crippen LogP contribution in [0.2, 0.25) is 0 Å². The number of carbonyl (C=O) groups excluding carboxylic acids is 2. The number of aromatic nitrogens is 2. The van der Waals surface area contributed by atoms with Crippen molar-refractivity contribution in [2.24, 2.45) is 40.9 Å². The van der Waals surface area contributed by atoms with Crippen LogP contribution in [0.25, 0.3) is 20.4 Å². The van der Waals surface area contributed by atoms with Crippen molar-refractivity contribution in [3.05, 3.63) is 52.5 Å². The smallest absolute Gasteiger partial charge is 0.207 e. The number of carbonyl (C=O) groups is 2. The Balaban J connectivity index is 0.000000121. The van der Waals surface area contributed by atoms with Crippen molar-refractivity contribution in [3.63, 3.8) is 0 Å². The average Bonchev–Trinajstić information content (AvgIpc) is 3.58. The van der Waals surface area contributed by atoms with E-state index in [1.165, 1.54) is 101 Å². The Morgan fingerprint density at radius 2 is 1.20 bits per heavy atom. The highest BCUT2D eigenvalue weighted by Crippen LogP contribution is 2.61. The molecule has 12 heteroatoms. The van der Waals surface area contributed by atoms with Gasteiger partial charge in [-0.05, 0) is 130 Å². The van der Waals surface area contributed by atoms with Gasteiger partial charge in [-0.25, -0.2) is 27.5 Å². The maximum absolute atomic E-state index is 13.8. The fraction of sp³-hybridized carbons (Fsp3) is 0.579. The Labute approximate surface area is 296 Å². The van der Waals surface area contributed by atoms with Gasteiger partial charge in [0.2, 0.25) is 6.41 Å². The van der Waals surface area contributed by atoms with Crippen LogP contribution in [-0.4, -0.2) is 27.7 Å². The summed E-state index contributed by atoms with van der Waals surface area (Å²) in [7, 11) is 0. The van der Waals surface area contributed by atoms with E-state index in [9.17, 15) is 27.2 Å². The summed E-state index contributed by atoms with van der Waals surface area (Å²) in [4.78, 5) is 31.3. The van der Waals surface area contributed by atoms with E-state index in [0.717, 1.165) is 65.4 Å². The van der Waals surface area contributed by atoms with Gasteiger partial charge in [-0.2, -0.15) is 0 Å². The number of fused-ring (bicyclic) bond motifs is 2. The van der Waals surface area contributed by atoms with Crippen LogP contribution >= 0.6 is 22.7 Å². The maximum atomic E-state index is 13.8. The molecular weight excluding hydrogens is 685 g/mol. The monoisotopic (exact) mass is 726 g/mol. The highest BCUT2D eigenvalue weighted by molar-refractivity contribution is 7.22. The van der Waals surface area contributed by atoms with E-state index in [1.54, 1.807) is 0 Å². The second kappa shape index (κ2) is 13.1. The number of amides is 1. The van der Waals surface area contributed by atoms with E-state index in [-0.39, 0.29) is 39.3 Å². The number of nitrogens with zero attached hydrogens (tertiary/aromatic N) is 2. The number of thiazole rings is 2.